The number of carbonyl (C=O) groups excluding carboxylic acids is 1. The van der Waals surface area contributed by atoms with Gasteiger partial charge in [-0.05, 0) is 37.1 Å². The van der Waals surface area contributed by atoms with Crippen molar-refractivity contribution in [2.75, 3.05) is 65.5 Å². The third kappa shape index (κ3) is 7.92. The molecule has 39 heavy (non-hydrogen) atoms. The van der Waals surface area contributed by atoms with Crippen LogP contribution in [0.3, 0.4) is 0 Å². The maximum atomic E-state index is 13.1. The lowest BCUT2D eigenvalue weighted by molar-refractivity contribution is -0.192. The van der Waals surface area contributed by atoms with Crippen LogP contribution in [0.2, 0.25) is 0 Å². The third-order valence-electron chi connectivity index (χ3n) is 6.85. The molecule has 2 fully saturated rings. The maximum Gasteiger partial charge on any atom is 0.490 e. The molecule has 1 amide bonds. The van der Waals surface area contributed by atoms with Gasteiger partial charge in [-0.1, -0.05) is 12.1 Å². The van der Waals surface area contributed by atoms with Crippen LogP contribution in [0.15, 0.2) is 42.5 Å². The number of piperidine rings is 1. The number of hydrogen-bond donors (Lipinski definition) is 1. The number of ether oxygens (including phenoxy) is 3. The molecule has 0 atom stereocenters. The molecule has 0 aromatic heterocycles. The van der Waals surface area contributed by atoms with Gasteiger partial charge in [-0.3, -0.25) is 9.69 Å². The summed E-state index contributed by atoms with van der Waals surface area (Å²) >= 11 is 0. The number of carboxylic acids is 1. The zero-order chi connectivity index (χ0) is 28.6. The average molecular weight is 554 g/mol. The summed E-state index contributed by atoms with van der Waals surface area (Å²) in [6.45, 7) is 5.59. The molecule has 2 aliphatic heterocycles. The number of para-hydroxylation sites is 2. The Morgan fingerprint density at radius 1 is 0.846 bits per heavy atom. The Labute approximate surface area is 225 Å². The number of anilines is 1. The van der Waals surface area contributed by atoms with Crippen molar-refractivity contribution in [2.24, 2.45) is 0 Å². The molecule has 2 heterocycles. The van der Waals surface area contributed by atoms with E-state index in [1.165, 1.54) is 5.69 Å². The summed E-state index contributed by atoms with van der Waals surface area (Å²) in [6, 6.07) is 14.1. The number of nitrogens with zero attached hydrogens (tertiary/aromatic N) is 3. The smallest absolute Gasteiger partial charge is 0.490 e. The highest BCUT2D eigenvalue weighted by atomic mass is 19.4. The fourth-order valence-corrected chi connectivity index (χ4v) is 4.77. The number of alkyl halides is 3. The van der Waals surface area contributed by atoms with Crippen molar-refractivity contribution in [3.8, 4) is 17.2 Å². The topological polar surface area (TPSA) is 91.8 Å². The first-order valence-electron chi connectivity index (χ1n) is 12.5. The van der Waals surface area contributed by atoms with Gasteiger partial charge in [0.2, 0.25) is 0 Å². The number of methoxy groups -OCH3 is 3. The lowest BCUT2D eigenvalue weighted by atomic mass is 10.0. The number of aliphatic carboxylic acids is 1. The quantitative estimate of drug-likeness (QED) is 0.578. The van der Waals surface area contributed by atoms with Crippen LogP contribution in [0, 0.1) is 0 Å². The number of halogens is 3. The second kappa shape index (κ2) is 13.4. The Bertz CT molecular complexity index is 1090. The van der Waals surface area contributed by atoms with Crippen molar-refractivity contribution in [3.63, 3.8) is 0 Å². The second-order valence-electron chi connectivity index (χ2n) is 9.12. The fourth-order valence-electron chi connectivity index (χ4n) is 4.77. The second-order valence-corrected chi connectivity index (χ2v) is 9.12. The summed E-state index contributed by atoms with van der Waals surface area (Å²) in [5.74, 6) is -0.512. The molecule has 0 unspecified atom stereocenters. The molecule has 0 radical (unpaired) electrons. The Morgan fingerprint density at radius 2 is 1.38 bits per heavy atom. The van der Waals surface area contributed by atoms with Crippen LogP contribution in [-0.4, -0.2) is 99.6 Å². The largest absolute Gasteiger partial charge is 0.497 e. The number of piperazine rings is 1. The standard InChI is InChI=1S/C25H33N3O4.C2HF3O2/c1-30-21-16-19(17-22(18-21)31-2)25(29)28-10-8-20(9-11-28)26-12-14-27(15-13-26)23-6-4-5-7-24(23)32-3;3-2(4,5)1(6)7/h4-7,16-18,20H,8-15H2,1-3H3;(H,6,7). The van der Waals surface area contributed by atoms with Crippen LogP contribution in [0.4, 0.5) is 18.9 Å². The van der Waals surface area contributed by atoms with Crippen LogP contribution < -0.4 is 19.1 Å². The number of amides is 1. The predicted molar refractivity (Wildman–Crippen MR) is 139 cm³/mol. The van der Waals surface area contributed by atoms with E-state index >= 15 is 0 Å². The highest BCUT2D eigenvalue weighted by Crippen LogP contribution is 2.30. The third-order valence-corrected chi connectivity index (χ3v) is 6.85. The van der Waals surface area contributed by atoms with Crippen molar-refractivity contribution in [3.05, 3.63) is 48.0 Å². The highest BCUT2D eigenvalue weighted by Gasteiger charge is 2.38. The molecule has 2 aromatic carbocycles. The molecule has 0 saturated carbocycles. The number of benzene rings is 2. The Balaban J connectivity index is 0.000000532. The average Bonchev–Trinajstić information content (AvgIpc) is 2.96. The van der Waals surface area contributed by atoms with E-state index in [-0.39, 0.29) is 5.91 Å². The Morgan fingerprint density at radius 3 is 1.87 bits per heavy atom. The van der Waals surface area contributed by atoms with E-state index in [2.05, 4.69) is 21.9 Å². The monoisotopic (exact) mass is 553 g/mol. The maximum absolute atomic E-state index is 13.1. The minimum Gasteiger partial charge on any atom is -0.497 e. The molecule has 4 rings (SSSR count). The summed E-state index contributed by atoms with van der Waals surface area (Å²) < 4.78 is 47.9. The van der Waals surface area contributed by atoms with E-state index in [0.29, 0.717) is 23.1 Å². The lowest BCUT2D eigenvalue weighted by Gasteiger charge is -2.43. The van der Waals surface area contributed by atoms with Gasteiger partial charge >= 0.3 is 12.1 Å². The van der Waals surface area contributed by atoms with Crippen molar-refractivity contribution in [1.29, 1.82) is 0 Å². The first-order valence-corrected chi connectivity index (χ1v) is 12.5. The minimum atomic E-state index is -5.08. The van der Waals surface area contributed by atoms with Gasteiger partial charge in [0.05, 0.1) is 27.0 Å². The summed E-state index contributed by atoms with van der Waals surface area (Å²) in [4.78, 5) is 28.9. The van der Waals surface area contributed by atoms with E-state index in [0.717, 1.165) is 57.9 Å². The van der Waals surface area contributed by atoms with Gasteiger partial charge in [-0.15, -0.1) is 0 Å². The van der Waals surface area contributed by atoms with E-state index < -0.39 is 12.1 Å². The van der Waals surface area contributed by atoms with Crippen molar-refractivity contribution in [2.45, 2.75) is 25.1 Å². The number of hydrogen-bond acceptors (Lipinski definition) is 7. The molecule has 2 saturated heterocycles. The van der Waals surface area contributed by atoms with Gasteiger partial charge < -0.3 is 29.1 Å². The van der Waals surface area contributed by atoms with Crippen LogP contribution in [0.1, 0.15) is 23.2 Å². The molecule has 12 heteroatoms. The lowest BCUT2D eigenvalue weighted by Crippen LogP contribution is -2.53. The molecule has 0 bridgehead atoms. The van der Waals surface area contributed by atoms with E-state index in [1.54, 1.807) is 39.5 Å². The van der Waals surface area contributed by atoms with Gasteiger partial charge in [-0.25, -0.2) is 4.79 Å². The number of likely N-dealkylation sites (tertiary alicyclic amines) is 1. The Kier molecular flexibility index (Phi) is 10.3. The normalized spacial score (nSPS) is 16.7. The summed E-state index contributed by atoms with van der Waals surface area (Å²) in [5.41, 5.74) is 1.79. The fraction of sp³-hybridized carbons (Fsp3) is 0.481. The molecule has 2 aliphatic rings. The van der Waals surface area contributed by atoms with Gasteiger partial charge in [0.25, 0.3) is 5.91 Å². The molecule has 0 aliphatic carbocycles. The number of carboxylic acid groups (broad SMARTS) is 1. The van der Waals surface area contributed by atoms with Crippen LogP contribution in [0.25, 0.3) is 0 Å². The molecule has 2 aromatic rings. The van der Waals surface area contributed by atoms with Gasteiger partial charge in [-0.2, -0.15) is 13.2 Å². The molecule has 9 nitrogen and oxygen atoms in total. The first kappa shape index (κ1) is 29.9. The van der Waals surface area contributed by atoms with Crippen LogP contribution >= 0.6 is 0 Å². The van der Waals surface area contributed by atoms with E-state index in [9.17, 15) is 18.0 Å². The molecular formula is C27H34F3N3O6. The predicted octanol–water partition coefficient (Wildman–Crippen LogP) is 3.77. The summed E-state index contributed by atoms with van der Waals surface area (Å²) in [6.07, 6.45) is -3.08. The van der Waals surface area contributed by atoms with E-state index in [1.807, 2.05) is 17.0 Å². The van der Waals surface area contributed by atoms with Crippen molar-refractivity contribution in [1.82, 2.24) is 9.80 Å². The zero-order valence-electron chi connectivity index (χ0n) is 22.2. The zero-order valence-corrected chi connectivity index (χ0v) is 22.2. The number of carbonyl (C=O) groups is 2. The number of rotatable bonds is 6. The highest BCUT2D eigenvalue weighted by molar-refractivity contribution is 5.95. The van der Waals surface area contributed by atoms with Crippen LogP contribution in [-0.2, 0) is 4.79 Å². The van der Waals surface area contributed by atoms with Crippen molar-refractivity contribution < 1.29 is 42.1 Å². The summed E-state index contributed by atoms with van der Waals surface area (Å²) in [7, 11) is 4.93. The van der Waals surface area contributed by atoms with Crippen molar-refractivity contribution >= 4 is 17.6 Å². The Hall–Kier alpha value is -3.67. The van der Waals surface area contributed by atoms with E-state index in [4.69, 9.17) is 24.1 Å². The SMILES string of the molecule is COc1cc(OC)cc(C(=O)N2CCC(N3CCN(c4ccccc4OC)CC3)CC2)c1.O=C(O)C(F)(F)F. The van der Waals surface area contributed by atoms with Crippen LogP contribution in [0.5, 0.6) is 17.2 Å². The summed E-state index contributed by atoms with van der Waals surface area (Å²) in [5, 5.41) is 7.12. The first-order chi connectivity index (χ1) is 18.6. The minimum absolute atomic E-state index is 0.0432. The molecule has 0 spiro atoms. The van der Waals surface area contributed by atoms with Gasteiger partial charge in [0, 0.05) is 56.9 Å². The molecule has 1 N–H and O–H groups in total. The van der Waals surface area contributed by atoms with Gasteiger partial charge in [0.1, 0.15) is 17.2 Å². The molecule has 214 valence electrons. The van der Waals surface area contributed by atoms with Gasteiger partial charge in [0.15, 0.2) is 0 Å². The molecular weight excluding hydrogens is 519 g/mol.